The summed E-state index contributed by atoms with van der Waals surface area (Å²) in [7, 11) is 0. The molecule has 0 saturated heterocycles. The summed E-state index contributed by atoms with van der Waals surface area (Å²) in [5.41, 5.74) is 2.14. The van der Waals surface area contributed by atoms with Crippen LogP contribution in [0.25, 0.3) is 0 Å². The van der Waals surface area contributed by atoms with Crippen molar-refractivity contribution in [2.75, 3.05) is 5.75 Å². The lowest BCUT2D eigenvalue weighted by atomic mass is 10.1. The fraction of sp³-hybridized carbons (Fsp3) is 0.625. The van der Waals surface area contributed by atoms with Crippen molar-refractivity contribution in [3.8, 4) is 0 Å². The molecule has 19 heavy (non-hydrogen) atoms. The molecular weight excluding hydrogens is 257 g/mol. The summed E-state index contributed by atoms with van der Waals surface area (Å²) in [6, 6.07) is 6.53. The highest BCUT2D eigenvalue weighted by Crippen LogP contribution is 2.36. The Hall–Kier alpha value is -0.540. The summed E-state index contributed by atoms with van der Waals surface area (Å²) in [5.74, 6) is 1.20. The zero-order chi connectivity index (χ0) is 13.2. The van der Waals surface area contributed by atoms with Crippen LogP contribution in [0.15, 0.2) is 18.2 Å². The molecule has 1 fully saturated rings. The lowest BCUT2D eigenvalue weighted by molar-refractivity contribution is 0.438. The number of hydrogen-bond donors (Lipinski definition) is 1. The van der Waals surface area contributed by atoms with Crippen LogP contribution in [0.2, 0.25) is 0 Å². The van der Waals surface area contributed by atoms with Gasteiger partial charge in [-0.25, -0.2) is 4.39 Å². The Bertz CT molecular complexity index is 448. The van der Waals surface area contributed by atoms with Gasteiger partial charge in [-0.2, -0.15) is 11.8 Å². The Kier molecular flexibility index (Phi) is 4.13. The van der Waals surface area contributed by atoms with Gasteiger partial charge in [0.05, 0.1) is 0 Å². The first-order chi connectivity index (χ1) is 9.28. The van der Waals surface area contributed by atoms with Crippen molar-refractivity contribution in [3.05, 3.63) is 35.1 Å². The predicted octanol–water partition coefficient (Wildman–Crippen LogP) is 4.08. The molecule has 1 aromatic rings. The Morgan fingerprint density at radius 3 is 3.05 bits per heavy atom. The molecule has 1 saturated carbocycles. The zero-order valence-corrected chi connectivity index (χ0v) is 12.3. The van der Waals surface area contributed by atoms with E-state index < -0.39 is 0 Å². The number of halogens is 1. The highest BCUT2D eigenvalue weighted by atomic mass is 32.2. The Morgan fingerprint density at radius 1 is 1.32 bits per heavy atom. The molecule has 1 N–H and O–H groups in total. The van der Waals surface area contributed by atoms with Crippen LogP contribution in [-0.4, -0.2) is 17.0 Å². The molecule has 2 aliphatic carbocycles. The van der Waals surface area contributed by atoms with Crippen molar-refractivity contribution in [1.82, 2.24) is 5.32 Å². The molecule has 3 unspecified atom stereocenters. The molecule has 0 bridgehead atoms. The smallest absolute Gasteiger partial charge is 0.126 e. The van der Waals surface area contributed by atoms with E-state index in [2.05, 4.69) is 30.1 Å². The molecule has 104 valence electrons. The van der Waals surface area contributed by atoms with Crippen LogP contribution in [0, 0.1) is 5.82 Å². The van der Waals surface area contributed by atoms with Crippen molar-refractivity contribution in [3.63, 3.8) is 0 Å². The number of fused-ring (bicyclic) bond motifs is 1. The third kappa shape index (κ3) is 2.82. The minimum absolute atomic E-state index is 0.0207. The largest absolute Gasteiger partial charge is 0.307 e. The van der Waals surface area contributed by atoms with E-state index in [1.54, 1.807) is 6.07 Å². The molecule has 0 heterocycles. The van der Waals surface area contributed by atoms with Crippen LogP contribution in [-0.2, 0) is 6.42 Å². The van der Waals surface area contributed by atoms with Gasteiger partial charge >= 0.3 is 0 Å². The number of thioether (sulfide) groups is 1. The number of hydrogen-bond acceptors (Lipinski definition) is 2. The number of rotatable bonds is 4. The summed E-state index contributed by atoms with van der Waals surface area (Å²) >= 11 is 2.09. The zero-order valence-electron chi connectivity index (χ0n) is 11.5. The van der Waals surface area contributed by atoms with E-state index >= 15 is 0 Å². The van der Waals surface area contributed by atoms with Gasteiger partial charge in [0.1, 0.15) is 5.82 Å². The Balaban J connectivity index is 1.63. The van der Waals surface area contributed by atoms with Gasteiger partial charge in [0, 0.05) is 17.3 Å². The van der Waals surface area contributed by atoms with Gasteiger partial charge in [-0.3, -0.25) is 0 Å². The lowest BCUT2D eigenvalue weighted by Gasteiger charge is -2.20. The fourth-order valence-corrected chi connectivity index (χ4v) is 4.69. The highest BCUT2D eigenvalue weighted by molar-refractivity contribution is 7.99. The average molecular weight is 279 g/mol. The Labute approximate surface area is 119 Å². The molecule has 3 rings (SSSR count). The quantitative estimate of drug-likeness (QED) is 0.891. The first-order valence-electron chi connectivity index (χ1n) is 7.43. The minimum Gasteiger partial charge on any atom is -0.307 e. The molecule has 1 aromatic carbocycles. The molecule has 3 heteroatoms. The van der Waals surface area contributed by atoms with E-state index in [1.165, 1.54) is 30.6 Å². The van der Waals surface area contributed by atoms with Crippen molar-refractivity contribution in [2.24, 2.45) is 0 Å². The fourth-order valence-electron chi connectivity index (χ4n) is 3.55. The van der Waals surface area contributed by atoms with Gasteiger partial charge in [0.25, 0.3) is 0 Å². The van der Waals surface area contributed by atoms with Crippen LogP contribution in [0.3, 0.4) is 0 Å². The minimum atomic E-state index is -0.0207. The second kappa shape index (κ2) is 5.84. The number of nitrogens with one attached hydrogen (secondary N) is 1. The van der Waals surface area contributed by atoms with Crippen molar-refractivity contribution >= 4 is 11.8 Å². The molecule has 3 atom stereocenters. The monoisotopic (exact) mass is 279 g/mol. The van der Waals surface area contributed by atoms with Crippen LogP contribution in [0.1, 0.15) is 49.8 Å². The molecule has 1 nitrogen and oxygen atoms in total. The van der Waals surface area contributed by atoms with Crippen molar-refractivity contribution < 1.29 is 4.39 Å². The van der Waals surface area contributed by atoms with Gasteiger partial charge in [-0.15, -0.1) is 0 Å². The van der Waals surface area contributed by atoms with Crippen LogP contribution in [0.5, 0.6) is 0 Å². The van der Waals surface area contributed by atoms with Crippen LogP contribution < -0.4 is 5.32 Å². The normalized spacial score (nSPS) is 29.7. The van der Waals surface area contributed by atoms with Gasteiger partial charge in [0.15, 0.2) is 0 Å². The maximum Gasteiger partial charge on any atom is 0.126 e. The molecule has 0 aliphatic heterocycles. The SMILES string of the molecule is CCSC1CCC(NC2CCc3c(F)cccc32)C1. The van der Waals surface area contributed by atoms with E-state index in [4.69, 9.17) is 0 Å². The first kappa shape index (κ1) is 13.4. The van der Waals surface area contributed by atoms with Crippen molar-refractivity contribution in [2.45, 2.75) is 56.4 Å². The van der Waals surface area contributed by atoms with E-state index in [0.717, 1.165) is 23.7 Å². The standard InChI is InChI=1S/C16H22FNS/c1-2-19-12-7-6-11(10-12)18-16-9-8-13-14(16)4-3-5-15(13)17/h3-5,11-12,16,18H,2,6-10H2,1H3. The van der Waals surface area contributed by atoms with E-state index in [-0.39, 0.29) is 5.82 Å². The lowest BCUT2D eigenvalue weighted by Crippen LogP contribution is -2.30. The molecule has 2 aliphatic rings. The highest BCUT2D eigenvalue weighted by Gasteiger charge is 2.30. The molecular formula is C16H22FNS. The molecule has 0 amide bonds. The number of benzene rings is 1. The van der Waals surface area contributed by atoms with Crippen LogP contribution in [0.4, 0.5) is 4.39 Å². The average Bonchev–Trinajstić information content (AvgIpc) is 3.00. The second-order valence-corrected chi connectivity index (χ2v) is 7.23. The summed E-state index contributed by atoms with van der Waals surface area (Å²) in [5, 5.41) is 4.60. The summed E-state index contributed by atoms with van der Waals surface area (Å²) in [4.78, 5) is 0. The van der Waals surface area contributed by atoms with E-state index in [1.807, 2.05) is 6.07 Å². The van der Waals surface area contributed by atoms with Crippen molar-refractivity contribution in [1.29, 1.82) is 0 Å². The Morgan fingerprint density at radius 2 is 2.21 bits per heavy atom. The van der Waals surface area contributed by atoms with Crippen LogP contribution >= 0.6 is 11.8 Å². The van der Waals surface area contributed by atoms with Gasteiger partial charge in [0.2, 0.25) is 0 Å². The van der Waals surface area contributed by atoms with Gasteiger partial charge in [-0.1, -0.05) is 19.1 Å². The summed E-state index contributed by atoms with van der Waals surface area (Å²) in [6.45, 7) is 2.24. The molecule has 0 spiro atoms. The predicted molar refractivity (Wildman–Crippen MR) is 80.2 cm³/mol. The first-order valence-corrected chi connectivity index (χ1v) is 8.47. The van der Waals surface area contributed by atoms with E-state index in [0.29, 0.717) is 12.1 Å². The van der Waals surface area contributed by atoms with Gasteiger partial charge < -0.3 is 5.32 Å². The third-order valence-corrected chi connectivity index (χ3v) is 5.67. The topological polar surface area (TPSA) is 12.0 Å². The maximum absolute atomic E-state index is 13.7. The molecule has 0 radical (unpaired) electrons. The second-order valence-electron chi connectivity index (χ2n) is 5.65. The van der Waals surface area contributed by atoms with E-state index in [9.17, 15) is 4.39 Å². The van der Waals surface area contributed by atoms with Gasteiger partial charge in [-0.05, 0) is 55.1 Å². The summed E-state index contributed by atoms with van der Waals surface area (Å²) in [6.07, 6.45) is 5.83. The maximum atomic E-state index is 13.7. The summed E-state index contributed by atoms with van der Waals surface area (Å²) < 4.78 is 13.7. The molecule has 0 aromatic heterocycles. The third-order valence-electron chi connectivity index (χ3n) is 4.44.